The van der Waals surface area contributed by atoms with Gasteiger partial charge in [0, 0.05) is 37.8 Å². The molecule has 0 radical (unpaired) electrons. The Balaban J connectivity index is 1.64. The summed E-state index contributed by atoms with van der Waals surface area (Å²) < 4.78 is 0. The van der Waals surface area contributed by atoms with Gasteiger partial charge < -0.3 is 9.80 Å². The molecule has 1 aromatic carbocycles. The minimum atomic E-state index is 0.307. The first-order chi connectivity index (χ1) is 13.5. The molecule has 3 rings (SSSR count). The number of carbonyl (C=O) groups is 1. The fourth-order valence-corrected chi connectivity index (χ4v) is 4.86. The van der Waals surface area contributed by atoms with E-state index in [1.807, 2.05) is 12.1 Å². The van der Waals surface area contributed by atoms with Crippen LogP contribution in [0, 0.1) is 23.2 Å². The van der Waals surface area contributed by atoms with Gasteiger partial charge in [0.2, 0.25) is 5.91 Å². The van der Waals surface area contributed by atoms with Gasteiger partial charge in [-0.1, -0.05) is 51.1 Å². The van der Waals surface area contributed by atoms with Gasteiger partial charge >= 0.3 is 0 Å². The smallest absolute Gasteiger partial charge is 0.222 e. The lowest BCUT2D eigenvalue weighted by atomic mass is 10.0. The summed E-state index contributed by atoms with van der Waals surface area (Å²) >= 11 is 6.29. The van der Waals surface area contributed by atoms with Crippen molar-refractivity contribution in [2.45, 2.75) is 64.8 Å². The summed E-state index contributed by atoms with van der Waals surface area (Å²) in [6, 6.07) is 8.11. The van der Waals surface area contributed by atoms with Crippen molar-refractivity contribution in [1.82, 2.24) is 4.90 Å². The van der Waals surface area contributed by atoms with E-state index in [-0.39, 0.29) is 0 Å². The number of amides is 1. The first kappa shape index (κ1) is 21.0. The highest BCUT2D eigenvalue weighted by molar-refractivity contribution is 6.32. The van der Waals surface area contributed by atoms with Crippen LogP contribution in [0.1, 0.15) is 64.4 Å². The van der Waals surface area contributed by atoms with Gasteiger partial charge in [-0.25, -0.2) is 0 Å². The van der Waals surface area contributed by atoms with Crippen molar-refractivity contribution in [3.8, 4) is 6.07 Å². The highest BCUT2D eigenvalue weighted by Gasteiger charge is 2.31. The number of anilines is 1. The maximum absolute atomic E-state index is 12.7. The number of likely N-dealkylation sites (tertiary alicyclic amines) is 1. The zero-order valence-electron chi connectivity index (χ0n) is 17.2. The molecule has 1 saturated carbocycles. The number of hydrogen-bond acceptors (Lipinski definition) is 3. The first-order valence-electron chi connectivity index (χ1n) is 10.7. The lowest BCUT2D eigenvalue weighted by molar-refractivity contribution is -0.130. The summed E-state index contributed by atoms with van der Waals surface area (Å²) in [7, 11) is 0. The molecule has 0 spiro atoms. The third-order valence-electron chi connectivity index (χ3n) is 6.16. The Morgan fingerprint density at radius 2 is 2.07 bits per heavy atom. The molecular weight excluding hydrogens is 370 g/mol. The molecule has 0 aromatic heterocycles. The van der Waals surface area contributed by atoms with Crippen molar-refractivity contribution in [2.24, 2.45) is 11.8 Å². The van der Waals surface area contributed by atoms with Gasteiger partial charge in [0.25, 0.3) is 0 Å². The van der Waals surface area contributed by atoms with E-state index in [4.69, 9.17) is 16.9 Å². The topological polar surface area (TPSA) is 47.3 Å². The number of nitriles is 1. The zero-order valence-corrected chi connectivity index (χ0v) is 17.9. The monoisotopic (exact) mass is 401 g/mol. The van der Waals surface area contributed by atoms with Gasteiger partial charge in [0.15, 0.2) is 0 Å². The quantitative estimate of drug-likeness (QED) is 0.627. The van der Waals surface area contributed by atoms with Crippen LogP contribution in [-0.4, -0.2) is 36.5 Å². The molecule has 1 heterocycles. The summed E-state index contributed by atoms with van der Waals surface area (Å²) in [6.45, 7) is 6.95. The lowest BCUT2D eigenvalue weighted by Crippen LogP contribution is -2.41. The fourth-order valence-electron chi connectivity index (χ4n) is 4.64. The molecule has 152 valence electrons. The second-order valence-electron chi connectivity index (χ2n) is 8.79. The van der Waals surface area contributed by atoms with Gasteiger partial charge in [-0.2, -0.15) is 5.26 Å². The molecule has 0 N–H and O–H groups in total. The summed E-state index contributed by atoms with van der Waals surface area (Å²) in [5.41, 5.74) is 1.55. The number of halogens is 1. The molecule has 2 fully saturated rings. The molecule has 4 nitrogen and oxygen atoms in total. The Kier molecular flexibility index (Phi) is 7.24. The molecular formula is C23H32ClN3O. The highest BCUT2D eigenvalue weighted by Crippen LogP contribution is 2.31. The molecule has 1 saturated heterocycles. The van der Waals surface area contributed by atoms with Crippen LogP contribution < -0.4 is 4.90 Å². The van der Waals surface area contributed by atoms with Crippen LogP contribution in [0.15, 0.2) is 18.2 Å². The van der Waals surface area contributed by atoms with Crippen molar-refractivity contribution >= 4 is 23.2 Å². The molecule has 1 aliphatic carbocycles. The van der Waals surface area contributed by atoms with Crippen LogP contribution >= 0.6 is 11.6 Å². The number of benzene rings is 1. The molecule has 2 aliphatic rings. The van der Waals surface area contributed by atoms with Crippen LogP contribution in [0.25, 0.3) is 0 Å². The number of rotatable bonds is 7. The number of carbonyl (C=O) groups excluding carboxylic acids is 1. The maximum atomic E-state index is 12.7. The van der Waals surface area contributed by atoms with E-state index in [2.05, 4.69) is 29.7 Å². The lowest BCUT2D eigenvalue weighted by Gasteiger charge is -2.33. The van der Waals surface area contributed by atoms with E-state index in [1.165, 1.54) is 25.7 Å². The SMILES string of the molecule is CC(C)CN(c1ccc(C#N)c(Cl)c1)C1CCN(C(=O)CCC2CCCC2)C1. The van der Waals surface area contributed by atoms with E-state index in [0.717, 1.165) is 44.1 Å². The highest BCUT2D eigenvalue weighted by atomic mass is 35.5. The Bertz CT molecular complexity index is 721. The summed E-state index contributed by atoms with van der Waals surface area (Å²) in [5.74, 6) is 1.58. The molecule has 0 bridgehead atoms. The Labute approximate surface area is 174 Å². The summed E-state index contributed by atoms with van der Waals surface area (Å²) in [6.07, 6.45) is 8.02. The molecule has 1 aliphatic heterocycles. The second-order valence-corrected chi connectivity index (χ2v) is 9.20. The average molecular weight is 402 g/mol. The van der Waals surface area contributed by atoms with E-state index >= 15 is 0 Å². The molecule has 1 atom stereocenters. The van der Waals surface area contributed by atoms with Gasteiger partial charge in [0.05, 0.1) is 10.6 Å². The van der Waals surface area contributed by atoms with E-state index in [9.17, 15) is 4.79 Å². The first-order valence-corrected chi connectivity index (χ1v) is 11.1. The fraction of sp³-hybridized carbons (Fsp3) is 0.652. The normalized spacial score (nSPS) is 20.0. The molecule has 5 heteroatoms. The van der Waals surface area contributed by atoms with E-state index in [0.29, 0.717) is 34.9 Å². The predicted octanol–water partition coefficient (Wildman–Crippen LogP) is 5.25. The third-order valence-corrected chi connectivity index (χ3v) is 6.48. The van der Waals surface area contributed by atoms with Crippen molar-refractivity contribution in [3.05, 3.63) is 28.8 Å². The minimum absolute atomic E-state index is 0.307. The van der Waals surface area contributed by atoms with E-state index in [1.54, 1.807) is 6.07 Å². The van der Waals surface area contributed by atoms with E-state index < -0.39 is 0 Å². The maximum Gasteiger partial charge on any atom is 0.222 e. The van der Waals surface area contributed by atoms with Crippen molar-refractivity contribution in [3.63, 3.8) is 0 Å². The third kappa shape index (κ3) is 5.20. The number of hydrogen-bond donors (Lipinski definition) is 0. The van der Waals surface area contributed by atoms with Gasteiger partial charge in [-0.3, -0.25) is 4.79 Å². The molecule has 1 aromatic rings. The Morgan fingerprint density at radius 1 is 1.32 bits per heavy atom. The van der Waals surface area contributed by atoms with Crippen molar-refractivity contribution in [2.75, 3.05) is 24.5 Å². The predicted molar refractivity (Wildman–Crippen MR) is 115 cm³/mol. The summed E-state index contributed by atoms with van der Waals surface area (Å²) in [4.78, 5) is 17.1. The van der Waals surface area contributed by atoms with Crippen LogP contribution in [0.2, 0.25) is 5.02 Å². The molecule has 28 heavy (non-hydrogen) atoms. The van der Waals surface area contributed by atoms with Gasteiger partial charge in [-0.05, 0) is 42.9 Å². The minimum Gasteiger partial charge on any atom is -0.366 e. The zero-order chi connectivity index (χ0) is 20.1. The van der Waals surface area contributed by atoms with Crippen LogP contribution in [0.4, 0.5) is 5.69 Å². The Hall–Kier alpha value is -1.73. The van der Waals surface area contributed by atoms with Gasteiger partial charge in [0.1, 0.15) is 6.07 Å². The average Bonchev–Trinajstić information content (AvgIpc) is 3.36. The Morgan fingerprint density at radius 3 is 2.71 bits per heavy atom. The van der Waals surface area contributed by atoms with Crippen LogP contribution in [0.5, 0.6) is 0 Å². The standard InChI is InChI=1S/C23H32ClN3O/c1-17(2)15-27(20-9-8-19(14-25)22(24)13-20)21-11-12-26(16-21)23(28)10-7-18-5-3-4-6-18/h8-9,13,17-18,21H,3-7,10-12,15-16H2,1-2H3. The van der Waals surface area contributed by atoms with Crippen LogP contribution in [0.3, 0.4) is 0 Å². The van der Waals surface area contributed by atoms with Crippen LogP contribution in [-0.2, 0) is 4.79 Å². The van der Waals surface area contributed by atoms with Crippen molar-refractivity contribution in [1.29, 1.82) is 5.26 Å². The largest absolute Gasteiger partial charge is 0.366 e. The molecule has 1 unspecified atom stereocenters. The summed E-state index contributed by atoms with van der Waals surface area (Å²) in [5, 5.41) is 9.63. The molecule has 1 amide bonds. The van der Waals surface area contributed by atoms with Crippen molar-refractivity contribution < 1.29 is 4.79 Å². The second kappa shape index (κ2) is 9.65. The van der Waals surface area contributed by atoms with Gasteiger partial charge in [-0.15, -0.1) is 0 Å². The number of nitrogens with zero attached hydrogens (tertiary/aromatic N) is 3.